The van der Waals surface area contributed by atoms with Gasteiger partial charge in [-0.25, -0.2) is 0 Å². The standard InChI is InChI=1S/C11H11BN2O3/c1-8(13-15)5-6-9-3-2-4-10-7-17-12(14-16)11(9)10/h2-4H,1,5-7H2. The van der Waals surface area contributed by atoms with Crippen molar-refractivity contribution in [3.8, 4) is 0 Å². The molecular weight excluding hydrogens is 219 g/mol. The number of rotatable bonds is 5. The molecule has 6 heteroatoms. The summed E-state index contributed by atoms with van der Waals surface area (Å²) in [5.41, 5.74) is 3.09. The lowest BCUT2D eigenvalue weighted by Crippen LogP contribution is -2.29. The molecule has 86 valence electrons. The fraction of sp³-hybridized carbons (Fsp3) is 0.273. The van der Waals surface area contributed by atoms with E-state index in [9.17, 15) is 9.81 Å². The summed E-state index contributed by atoms with van der Waals surface area (Å²) in [5, 5.41) is 5.73. The second-order valence-electron chi connectivity index (χ2n) is 3.92. The molecule has 0 amide bonds. The topological polar surface area (TPSA) is 68.1 Å². The lowest BCUT2D eigenvalue weighted by Gasteiger charge is -2.06. The quantitative estimate of drug-likeness (QED) is 0.572. The predicted octanol–water partition coefficient (Wildman–Crippen LogP) is 1.89. The summed E-state index contributed by atoms with van der Waals surface area (Å²) in [6, 6.07) is 5.72. The van der Waals surface area contributed by atoms with Gasteiger partial charge in [-0.1, -0.05) is 29.9 Å². The smallest absolute Gasteiger partial charge is 0.405 e. The Morgan fingerprint density at radius 2 is 2.29 bits per heavy atom. The molecule has 17 heavy (non-hydrogen) atoms. The molecule has 0 unspecified atom stereocenters. The average molecular weight is 230 g/mol. The van der Waals surface area contributed by atoms with Gasteiger partial charge < -0.3 is 4.65 Å². The molecule has 0 aliphatic carbocycles. The summed E-state index contributed by atoms with van der Waals surface area (Å²) in [5.74, 6) is 0. The molecule has 0 N–H and O–H groups in total. The van der Waals surface area contributed by atoms with Gasteiger partial charge in [0.05, 0.1) is 12.3 Å². The van der Waals surface area contributed by atoms with E-state index in [-0.39, 0.29) is 0 Å². The molecule has 1 aliphatic rings. The minimum atomic E-state index is -0.723. The van der Waals surface area contributed by atoms with Gasteiger partial charge >= 0.3 is 7.05 Å². The number of nitrogens with zero attached hydrogens (tertiary/aromatic N) is 2. The van der Waals surface area contributed by atoms with E-state index in [2.05, 4.69) is 16.8 Å². The van der Waals surface area contributed by atoms with Crippen molar-refractivity contribution in [1.82, 2.24) is 0 Å². The third-order valence-electron chi connectivity index (χ3n) is 2.84. The third kappa shape index (κ3) is 2.31. The Morgan fingerprint density at radius 3 is 3.00 bits per heavy atom. The SMILES string of the molecule is C=C(CCc1cccc2c1B(N=O)OC2)N=O. The highest BCUT2D eigenvalue weighted by molar-refractivity contribution is 6.67. The molecule has 1 aromatic carbocycles. The second-order valence-corrected chi connectivity index (χ2v) is 3.92. The van der Waals surface area contributed by atoms with Crippen LogP contribution in [0, 0.1) is 9.81 Å². The molecule has 1 aromatic rings. The van der Waals surface area contributed by atoms with Gasteiger partial charge in [0.2, 0.25) is 0 Å². The highest BCUT2D eigenvalue weighted by Crippen LogP contribution is 2.16. The van der Waals surface area contributed by atoms with E-state index in [1.807, 2.05) is 18.2 Å². The minimum Gasteiger partial charge on any atom is -0.405 e. The molecule has 1 aliphatic heterocycles. The van der Waals surface area contributed by atoms with Crippen LogP contribution in [0.2, 0.25) is 0 Å². The minimum absolute atomic E-state index is 0.303. The number of allylic oxidation sites excluding steroid dienone is 1. The van der Waals surface area contributed by atoms with Crippen molar-refractivity contribution in [3.05, 3.63) is 51.4 Å². The van der Waals surface area contributed by atoms with Gasteiger partial charge in [-0.05, 0) is 34.6 Å². The number of fused-ring (bicyclic) bond motifs is 1. The summed E-state index contributed by atoms with van der Waals surface area (Å²) >= 11 is 0. The van der Waals surface area contributed by atoms with Gasteiger partial charge in [-0.2, -0.15) is 4.91 Å². The molecule has 0 bridgehead atoms. The van der Waals surface area contributed by atoms with Crippen LogP contribution >= 0.6 is 0 Å². The highest BCUT2D eigenvalue weighted by atomic mass is 16.5. The van der Waals surface area contributed by atoms with Crippen molar-refractivity contribution in [1.29, 1.82) is 0 Å². The van der Waals surface area contributed by atoms with E-state index in [4.69, 9.17) is 4.65 Å². The van der Waals surface area contributed by atoms with Crippen LogP contribution in [0.5, 0.6) is 0 Å². The van der Waals surface area contributed by atoms with Crippen molar-refractivity contribution in [2.75, 3.05) is 0 Å². The zero-order valence-electron chi connectivity index (χ0n) is 9.26. The maximum atomic E-state index is 10.7. The van der Waals surface area contributed by atoms with Crippen LogP contribution in [-0.2, 0) is 17.7 Å². The first-order valence-corrected chi connectivity index (χ1v) is 5.32. The van der Waals surface area contributed by atoms with Crippen molar-refractivity contribution in [2.24, 2.45) is 10.3 Å². The van der Waals surface area contributed by atoms with E-state index in [0.29, 0.717) is 25.1 Å². The van der Waals surface area contributed by atoms with Crippen LogP contribution in [0.15, 0.2) is 40.7 Å². The maximum absolute atomic E-state index is 10.7. The van der Waals surface area contributed by atoms with Gasteiger partial charge in [0, 0.05) is 0 Å². The Hall–Kier alpha value is -1.82. The van der Waals surface area contributed by atoms with E-state index in [1.165, 1.54) is 0 Å². The van der Waals surface area contributed by atoms with Gasteiger partial charge in [-0.3, -0.25) is 0 Å². The largest absolute Gasteiger partial charge is 0.521 e. The average Bonchev–Trinajstić information content (AvgIpc) is 2.79. The monoisotopic (exact) mass is 230 g/mol. The van der Waals surface area contributed by atoms with Crippen LogP contribution < -0.4 is 5.46 Å². The van der Waals surface area contributed by atoms with Gasteiger partial charge in [0.25, 0.3) is 0 Å². The first kappa shape index (κ1) is 11.7. The molecule has 0 saturated heterocycles. The van der Waals surface area contributed by atoms with Crippen molar-refractivity contribution in [3.63, 3.8) is 0 Å². The first-order chi connectivity index (χ1) is 8.26. The molecular formula is C11H11BN2O3. The molecule has 2 rings (SSSR count). The Kier molecular flexibility index (Phi) is 3.44. The Balaban J connectivity index is 2.23. The van der Waals surface area contributed by atoms with Gasteiger partial charge in [-0.15, -0.1) is 4.91 Å². The van der Waals surface area contributed by atoms with Crippen LogP contribution in [0.25, 0.3) is 0 Å². The Bertz CT molecular complexity index is 476. The second kappa shape index (κ2) is 5.01. The van der Waals surface area contributed by atoms with Crippen molar-refractivity contribution < 1.29 is 4.65 Å². The third-order valence-corrected chi connectivity index (χ3v) is 2.84. The molecule has 0 radical (unpaired) electrons. The molecule has 0 saturated carbocycles. The number of hydrogen-bond donors (Lipinski definition) is 0. The number of benzene rings is 1. The zero-order chi connectivity index (χ0) is 12.3. The molecule has 0 atom stereocenters. The lowest BCUT2D eigenvalue weighted by atomic mass is 9.71. The zero-order valence-corrected chi connectivity index (χ0v) is 9.26. The lowest BCUT2D eigenvalue weighted by molar-refractivity contribution is 0.331. The molecule has 5 nitrogen and oxygen atoms in total. The van der Waals surface area contributed by atoms with Gasteiger partial charge in [0.15, 0.2) is 0 Å². The van der Waals surface area contributed by atoms with Crippen LogP contribution in [0.1, 0.15) is 17.5 Å². The van der Waals surface area contributed by atoms with E-state index < -0.39 is 7.05 Å². The number of hydrogen-bond acceptors (Lipinski definition) is 5. The van der Waals surface area contributed by atoms with E-state index in [0.717, 1.165) is 16.6 Å². The summed E-state index contributed by atoms with van der Waals surface area (Å²) < 4.78 is 5.26. The molecule has 1 heterocycles. The van der Waals surface area contributed by atoms with Crippen LogP contribution in [0.4, 0.5) is 0 Å². The highest BCUT2D eigenvalue weighted by Gasteiger charge is 2.32. The van der Waals surface area contributed by atoms with Crippen LogP contribution in [-0.4, -0.2) is 7.05 Å². The number of aryl methyl sites for hydroxylation is 1. The van der Waals surface area contributed by atoms with Gasteiger partial charge in [0.1, 0.15) is 0 Å². The van der Waals surface area contributed by atoms with Crippen molar-refractivity contribution >= 4 is 12.5 Å². The predicted molar refractivity (Wildman–Crippen MR) is 65.7 cm³/mol. The summed E-state index contributed by atoms with van der Waals surface area (Å²) in [6.45, 7) is 3.93. The maximum Gasteiger partial charge on any atom is 0.521 e. The first-order valence-electron chi connectivity index (χ1n) is 5.32. The number of nitroso groups, excluding NO2 is 2. The fourth-order valence-electron chi connectivity index (χ4n) is 1.99. The van der Waals surface area contributed by atoms with E-state index >= 15 is 0 Å². The molecule has 0 aromatic heterocycles. The van der Waals surface area contributed by atoms with Crippen LogP contribution in [0.3, 0.4) is 0 Å². The normalized spacial score (nSPS) is 13.3. The molecule has 0 spiro atoms. The van der Waals surface area contributed by atoms with Crippen molar-refractivity contribution in [2.45, 2.75) is 19.4 Å². The Morgan fingerprint density at radius 1 is 1.47 bits per heavy atom. The fourth-order valence-corrected chi connectivity index (χ4v) is 1.99. The molecule has 0 fully saturated rings. The summed E-state index contributed by atoms with van der Waals surface area (Å²) in [6.07, 6.45) is 1.09. The van der Waals surface area contributed by atoms with E-state index in [1.54, 1.807) is 0 Å². The summed E-state index contributed by atoms with van der Waals surface area (Å²) in [7, 11) is -0.723. The summed E-state index contributed by atoms with van der Waals surface area (Å²) in [4.78, 5) is 20.9. The Labute approximate surface area is 98.9 Å².